The Labute approximate surface area is 248 Å². The van der Waals surface area contributed by atoms with E-state index in [-0.39, 0.29) is 12.1 Å². The Bertz CT molecular complexity index is 1220. The van der Waals surface area contributed by atoms with Crippen molar-refractivity contribution in [3.05, 3.63) is 95.1 Å². The van der Waals surface area contributed by atoms with E-state index in [1.54, 1.807) is 0 Å². The molecule has 0 amide bonds. The molecule has 0 spiro atoms. The van der Waals surface area contributed by atoms with E-state index in [0.717, 1.165) is 71.1 Å². The van der Waals surface area contributed by atoms with Crippen LogP contribution in [0.1, 0.15) is 88.5 Å². The average Bonchev–Trinajstić information content (AvgIpc) is 3.36. The largest absolute Gasteiger partial charge is 0.389 e. The van der Waals surface area contributed by atoms with Crippen molar-refractivity contribution in [3.8, 4) is 0 Å². The molecule has 2 aliphatic carbocycles. The average molecular weight is 557 g/mol. The third kappa shape index (κ3) is 6.72. The minimum absolute atomic E-state index is 0.241. The summed E-state index contributed by atoms with van der Waals surface area (Å²) in [5.41, 5.74) is 7.13. The molecule has 2 fully saturated rings. The first kappa shape index (κ1) is 30.2. The lowest BCUT2D eigenvalue weighted by molar-refractivity contribution is -0.0735. The summed E-state index contributed by atoms with van der Waals surface area (Å²) in [6.45, 7) is 20.5. The third-order valence-electron chi connectivity index (χ3n) is 10.8. The van der Waals surface area contributed by atoms with Crippen molar-refractivity contribution >= 4 is 0 Å². The van der Waals surface area contributed by atoms with Gasteiger partial charge in [-0.1, -0.05) is 72.8 Å². The molecular formula is C37H52N2O2. The van der Waals surface area contributed by atoms with Crippen molar-refractivity contribution in [2.45, 2.75) is 116 Å². The predicted octanol–water partition coefficient (Wildman–Crippen LogP) is 7.04. The molecule has 41 heavy (non-hydrogen) atoms. The molecule has 6 unspecified atom stereocenters. The van der Waals surface area contributed by atoms with Crippen LogP contribution in [0.3, 0.4) is 0 Å². The lowest BCUT2D eigenvalue weighted by Crippen LogP contribution is -2.55. The summed E-state index contributed by atoms with van der Waals surface area (Å²) < 4.78 is 0. The number of nitrogens with zero attached hydrogens (tertiary/aromatic N) is 2. The molecule has 4 aliphatic rings. The first-order valence-corrected chi connectivity index (χ1v) is 15.8. The number of aliphatic hydroxyl groups is 2. The predicted molar refractivity (Wildman–Crippen MR) is 169 cm³/mol. The van der Waals surface area contributed by atoms with Crippen LogP contribution in [0.2, 0.25) is 0 Å². The van der Waals surface area contributed by atoms with Gasteiger partial charge in [0.15, 0.2) is 0 Å². The number of fused-ring (bicyclic) bond motifs is 2. The highest BCUT2D eigenvalue weighted by Gasteiger charge is 2.44. The van der Waals surface area contributed by atoms with Gasteiger partial charge in [-0.15, -0.1) is 0 Å². The van der Waals surface area contributed by atoms with Gasteiger partial charge in [-0.3, -0.25) is 9.80 Å². The molecule has 4 nitrogen and oxygen atoms in total. The highest BCUT2D eigenvalue weighted by Crippen LogP contribution is 2.41. The molecule has 2 aromatic carbocycles. The Balaban J connectivity index is 0.000000165. The van der Waals surface area contributed by atoms with E-state index in [0.29, 0.717) is 11.8 Å². The van der Waals surface area contributed by atoms with E-state index < -0.39 is 11.2 Å². The molecule has 0 bridgehead atoms. The van der Waals surface area contributed by atoms with E-state index >= 15 is 0 Å². The molecule has 0 saturated heterocycles. The van der Waals surface area contributed by atoms with Crippen molar-refractivity contribution in [3.63, 3.8) is 0 Å². The van der Waals surface area contributed by atoms with Gasteiger partial charge in [-0.2, -0.15) is 0 Å². The molecule has 2 heterocycles. The summed E-state index contributed by atoms with van der Waals surface area (Å²) in [5, 5.41) is 21.7. The minimum atomic E-state index is -0.575. The summed E-state index contributed by atoms with van der Waals surface area (Å²) >= 11 is 0. The summed E-state index contributed by atoms with van der Waals surface area (Å²) in [6.07, 6.45) is 7.08. The van der Waals surface area contributed by atoms with Crippen molar-refractivity contribution in [1.29, 1.82) is 0 Å². The Kier molecular flexibility index (Phi) is 8.97. The van der Waals surface area contributed by atoms with Crippen molar-refractivity contribution in [1.82, 2.24) is 9.80 Å². The van der Waals surface area contributed by atoms with E-state index in [9.17, 15) is 10.2 Å². The third-order valence-corrected chi connectivity index (χ3v) is 10.8. The van der Waals surface area contributed by atoms with Gasteiger partial charge < -0.3 is 10.2 Å². The van der Waals surface area contributed by atoms with Crippen LogP contribution in [0.15, 0.2) is 72.8 Å². The zero-order chi connectivity index (χ0) is 29.4. The van der Waals surface area contributed by atoms with Gasteiger partial charge in [0, 0.05) is 38.3 Å². The van der Waals surface area contributed by atoms with E-state index in [2.05, 4.69) is 85.3 Å². The zero-order valence-corrected chi connectivity index (χ0v) is 25.9. The fraction of sp³-hybridized carbons (Fsp3) is 0.568. The van der Waals surface area contributed by atoms with Gasteiger partial charge in [0.25, 0.3) is 0 Å². The first-order chi connectivity index (χ1) is 19.4. The second-order valence-corrected chi connectivity index (χ2v) is 14.0. The Morgan fingerprint density at radius 2 is 1.07 bits per heavy atom. The number of allylic oxidation sites excluding steroid dienone is 2. The van der Waals surface area contributed by atoms with Crippen LogP contribution >= 0.6 is 0 Å². The molecule has 0 aromatic heterocycles. The quantitative estimate of drug-likeness (QED) is 0.397. The molecule has 0 radical (unpaired) electrons. The molecule has 6 rings (SSSR count). The fourth-order valence-electron chi connectivity index (χ4n) is 7.89. The Morgan fingerprint density at radius 3 is 1.54 bits per heavy atom. The van der Waals surface area contributed by atoms with E-state index in [1.165, 1.54) is 33.4 Å². The SMILES string of the molecule is C=C(C)C1CCC(C)(O)C(N2CCc3ccccc3C2)C1.C=C(C)C1CCC(C)(O)C(N2Cc3ccccc3C2)C1. The van der Waals surface area contributed by atoms with Crippen LogP contribution in [0.4, 0.5) is 0 Å². The summed E-state index contributed by atoms with van der Waals surface area (Å²) in [6, 6.07) is 17.9. The number of hydrogen-bond acceptors (Lipinski definition) is 4. The summed E-state index contributed by atoms with van der Waals surface area (Å²) in [5.74, 6) is 1.12. The summed E-state index contributed by atoms with van der Waals surface area (Å²) in [7, 11) is 0. The molecule has 2 N–H and O–H groups in total. The zero-order valence-electron chi connectivity index (χ0n) is 25.9. The second kappa shape index (κ2) is 12.2. The molecular weight excluding hydrogens is 504 g/mol. The smallest absolute Gasteiger partial charge is 0.0774 e. The monoisotopic (exact) mass is 556 g/mol. The van der Waals surface area contributed by atoms with Gasteiger partial charge in [0.2, 0.25) is 0 Å². The normalized spacial score (nSPS) is 33.7. The van der Waals surface area contributed by atoms with Crippen molar-refractivity contribution in [2.75, 3.05) is 6.54 Å². The Morgan fingerprint density at radius 1 is 0.683 bits per heavy atom. The number of hydrogen-bond donors (Lipinski definition) is 2. The first-order valence-electron chi connectivity index (χ1n) is 15.8. The molecule has 2 aliphatic heterocycles. The van der Waals surface area contributed by atoms with E-state index in [4.69, 9.17) is 0 Å². The highest BCUT2D eigenvalue weighted by atomic mass is 16.3. The summed E-state index contributed by atoms with van der Waals surface area (Å²) in [4.78, 5) is 4.96. The second-order valence-electron chi connectivity index (χ2n) is 14.0. The topological polar surface area (TPSA) is 46.9 Å². The van der Waals surface area contributed by atoms with Gasteiger partial charge in [0.05, 0.1) is 11.2 Å². The Hall–Kier alpha value is -2.24. The van der Waals surface area contributed by atoms with Gasteiger partial charge >= 0.3 is 0 Å². The van der Waals surface area contributed by atoms with Crippen LogP contribution in [-0.4, -0.2) is 49.8 Å². The maximum absolute atomic E-state index is 10.9. The van der Waals surface area contributed by atoms with Crippen LogP contribution in [0, 0.1) is 11.8 Å². The fourth-order valence-corrected chi connectivity index (χ4v) is 7.89. The molecule has 2 aromatic rings. The van der Waals surface area contributed by atoms with Crippen molar-refractivity contribution < 1.29 is 10.2 Å². The van der Waals surface area contributed by atoms with Crippen LogP contribution in [0.5, 0.6) is 0 Å². The number of rotatable bonds is 4. The minimum Gasteiger partial charge on any atom is -0.389 e. The van der Waals surface area contributed by atoms with Crippen LogP contribution < -0.4 is 0 Å². The van der Waals surface area contributed by atoms with Crippen LogP contribution in [-0.2, 0) is 26.1 Å². The van der Waals surface area contributed by atoms with Crippen LogP contribution in [0.25, 0.3) is 0 Å². The molecule has 222 valence electrons. The number of benzene rings is 2. The van der Waals surface area contributed by atoms with Gasteiger partial charge in [-0.05, 0) is 107 Å². The lowest BCUT2D eigenvalue weighted by atomic mass is 9.73. The molecule has 2 saturated carbocycles. The lowest BCUT2D eigenvalue weighted by Gasteiger charge is -2.48. The highest BCUT2D eigenvalue weighted by molar-refractivity contribution is 5.31. The van der Waals surface area contributed by atoms with Gasteiger partial charge in [-0.25, -0.2) is 0 Å². The maximum atomic E-state index is 10.9. The van der Waals surface area contributed by atoms with Gasteiger partial charge in [0.1, 0.15) is 0 Å². The molecule has 6 atom stereocenters. The van der Waals surface area contributed by atoms with Crippen molar-refractivity contribution in [2.24, 2.45) is 11.8 Å². The maximum Gasteiger partial charge on any atom is 0.0774 e. The van der Waals surface area contributed by atoms with E-state index in [1.807, 2.05) is 13.8 Å². The standard InChI is InChI=1S/C19H27NO.C18H25NO/c1-14(2)16-8-10-19(3,21)18(12-16)20-11-9-15-6-4-5-7-17(15)13-20;1-13(2)14-8-9-18(3,20)17(10-14)19-11-15-6-4-5-7-16(15)12-19/h4-7,16,18,21H,1,8-13H2,2-3H3;4-7,14,17,20H,1,8-12H2,2-3H3. The molecule has 4 heteroatoms.